The Balaban J connectivity index is 1.90. The summed E-state index contributed by atoms with van der Waals surface area (Å²) < 4.78 is 5.09. The second kappa shape index (κ2) is 9.62. The van der Waals surface area contributed by atoms with Crippen LogP contribution in [0.2, 0.25) is 0 Å². The van der Waals surface area contributed by atoms with E-state index >= 15 is 0 Å². The van der Waals surface area contributed by atoms with Gasteiger partial charge in [-0.3, -0.25) is 9.78 Å². The van der Waals surface area contributed by atoms with E-state index in [0.717, 1.165) is 27.6 Å². The van der Waals surface area contributed by atoms with Gasteiger partial charge in [0.1, 0.15) is 0 Å². The molecule has 2 heterocycles. The molecule has 29 heavy (non-hydrogen) atoms. The minimum absolute atomic E-state index is 0.0953. The third-order valence-electron chi connectivity index (χ3n) is 4.96. The van der Waals surface area contributed by atoms with Crippen LogP contribution >= 0.6 is 12.2 Å². The highest BCUT2D eigenvalue weighted by molar-refractivity contribution is 7.80. The second-order valence-electron chi connectivity index (χ2n) is 7.04. The molecule has 0 amide bonds. The number of hydrogen-bond acceptors (Lipinski definition) is 4. The number of aryl methyl sites for hydroxylation is 2. The standard InChI is InChI=1S/C22H26N4O2S/c1-15-6-7-18-11-19(21(27)25-20(18)16(15)2)14-26(22(29)24-9-10-28-3)13-17-5-4-8-23-12-17/h4-8,11-12H,9-10,13-14H2,1-3H3,(H,24,29)(H,25,27). The second-order valence-corrected chi connectivity index (χ2v) is 7.42. The number of aromatic nitrogens is 2. The minimum Gasteiger partial charge on any atom is -0.383 e. The van der Waals surface area contributed by atoms with Gasteiger partial charge < -0.3 is 19.9 Å². The fourth-order valence-corrected chi connectivity index (χ4v) is 3.41. The maximum Gasteiger partial charge on any atom is 0.253 e. The number of benzene rings is 1. The van der Waals surface area contributed by atoms with Crippen molar-refractivity contribution in [1.82, 2.24) is 20.2 Å². The first kappa shape index (κ1) is 21.0. The molecule has 0 aliphatic rings. The zero-order valence-electron chi connectivity index (χ0n) is 17.0. The molecule has 7 heteroatoms. The van der Waals surface area contributed by atoms with Gasteiger partial charge in [-0.25, -0.2) is 0 Å². The Morgan fingerprint density at radius 3 is 2.83 bits per heavy atom. The number of aromatic amines is 1. The molecule has 0 radical (unpaired) electrons. The molecule has 0 aliphatic heterocycles. The van der Waals surface area contributed by atoms with E-state index in [9.17, 15) is 4.79 Å². The third-order valence-corrected chi connectivity index (χ3v) is 5.36. The molecular formula is C22H26N4O2S. The van der Waals surface area contributed by atoms with Gasteiger partial charge in [-0.15, -0.1) is 0 Å². The molecule has 0 saturated carbocycles. The van der Waals surface area contributed by atoms with E-state index in [1.54, 1.807) is 13.3 Å². The van der Waals surface area contributed by atoms with Crippen LogP contribution in [0.5, 0.6) is 0 Å². The van der Waals surface area contributed by atoms with Crippen molar-refractivity contribution in [1.29, 1.82) is 0 Å². The fraction of sp³-hybridized carbons (Fsp3) is 0.318. The van der Waals surface area contributed by atoms with Crippen molar-refractivity contribution in [2.75, 3.05) is 20.3 Å². The smallest absolute Gasteiger partial charge is 0.253 e. The Morgan fingerprint density at radius 1 is 1.28 bits per heavy atom. The third kappa shape index (κ3) is 5.19. The van der Waals surface area contributed by atoms with E-state index < -0.39 is 0 Å². The first-order valence-electron chi connectivity index (χ1n) is 9.52. The molecule has 3 rings (SSSR count). The molecule has 2 N–H and O–H groups in total. The predicted octanol–water partition coefficient (Wildman–Crippen LogP) is 3.06. The quantitative estimate of drug-likeness (QED) is 0.461. The number of fused-ring (bicyclic) bond motifs is 1. The summed E-state index contributed by atoms with van der Waals surface area (Å²) in [5.74, 6) is 0. The molecule has 6 nitrogen and oxygen atoms in total. The van der Waals surface area contributed by atoms with E-state index in [0.29, 0.717) is 36.9 Å². The summed E-state index contributed by atoms with van der Waals surface area (Å²) in [7, 11) is 1.65. The Morgan fingerprint density at radius 2 is 2.10 bits per heavy atom. The van der Waals surface area contributed by atoms with Crippen LogP contribution in [0, 0.1) is 13.8 Å². The number of thiocarbonyl (C=S) groups is 1. The Kier molecular flexibility index (Phi) is 6.95. The zero-order valence-corrected chi connectivity index (χ0v) is 17.8. The maximum atomic E-state index is 12.8. The van der Waals surface area contributed by atoms with Crippen molar-refractivity contribution in [2.45, 2.75) is 26.9 Å². The summed E-state index contributed by atoms with van der Waals surface area (Å²) in [6.07, 6.45) is 3.54. The number of ether oxygens (including phenoxy) is 1. The van der Waals surface area contributed by atoms with Crippen molar-refractivity contribution in [3.8, 4) is 0 Å². The van der Waals surface area contributed by atoms with Crippen molar-refractivity contribution >= 4 is 28.2 Å². The van der Waals surface area contributed by atoms with E-state index in [1.165, 1.54) is 0 Å². The van der Waals surface area contributed by atoms with Crippen LogP contribution in [0.15, 0.2) is 47.5 Å². The van der Waals surface area contributed by atoms with Crippen LogP contribution in [-0.2, 0) is 17.8 Å². The van der Waals surface area contributed by atoms with Crippen molar-refractivity contribution in [2.24, 2.45) is 0 Å². The highest BCUT2D eigenvalue weighted by Crippen LogP contribution is 2.19. The van der Waals surface area contributed by atoms with Crippen molar-refractivity contribution in [3.63, 3.8) is 0 Å². The molecule has 0 unspecified atom stereocenters. The fourth-order valence-electron chi connectivity index (χ4n) is 3.18. The largest absolute Gasteiger partial charge is 0.383 e. The number of pyridine rings is 2. The minimum atomic E-state index is -0.0953. The molecule has 0 aliphatic carbocycles. The molecule has 0 bridgehead atoms. The number of methoxy groups -OCH3 is 1. The number of hydrogen-bond donors (Lipinski definition) is 2. The average molecular weight is 411 g/mol. The molecule has 0 saturated heterocycles. The molecule has 2 aromatic heterocycles. The lowest BCUT2D eigenvalue weighted by atomic mass is 10.0. The summed E-state index contributed by atoms with van der Waals surface area (Å²) in [6.45, 7) is 6.17. The molecular weight excluding hydrogens is 384 g/mol. The first-order valence-corrected chi connectivity index (χ1v) is 9.93. The van der Waals surface area contributed by atoms with Crippen LogP contribution in [0.3, 0.4) is 0 Å². The number of rotatable bonds is 7. The normalized spacial score (nSPS) is 10.9. The molecule has 0 fully saturated rings. The lowest BCUT2D eigenvalue weighted by Gasteiger charge is -2.26. The lowest BCUT2D eigenvalue weighted by molar-refractivity contribution is 0.202. The monoisotopic (exact) mass is 410 g/mol. The highest BCUT2D eigenvalue weighted by Gasteiger charge is 2.14. The summed E-state index contributed by atoms with van der Waals surface area (Å²) in [6, 6.07) is 9.95. The van der Waals surface area contributed by atoms with Gasteiger partial charge in [0.25, 0.3) is 5.56 Å². The molecule has 0 spiro atoms. The first-order chi connectivity index (χ1) is 14.0. The van der Waals surface area contributed by atoms with Crippen LogP contribution in [0.25, 0.3) is 10.9 Å². The Hall–Kier alpha value is -2.77. The van der Waals surface area contributed by atoms with Gasteiger partial charge in [0, 0.05) is 38.2 Å². The summed E-state index contributed by atoms with van der Waals surface area (Å²) in [5.41, 5.74) is 4.73. The van der Waals surface area contributed by atoms with Crippen molar-refractivity contribution in [3.05, 3.63) is 75.3 Å². The van der Waals surface area contributed by atoms with Crippen molar-refractivity contribution < 1.29 is 4.74 Å². The summed E-state index contributed by atoms with van der Waals surface area (Å²) >= 11 is 5.59. The number of nitrogens with zero attached hydrogens (tertiary/aromatic N) is 2. The number of H-pyrrole nitrogens is 1. The lowest BCUT2D eigenvalue weighted by Crippen LogP contribution is -2.41. The van der Waals surface area contributed by atoms with E-state index in [-0.39, 0.29) is 5.56 Å². The van der Waals surface area contributed by atoms with Crippen LogP contribution < -0.4 is 10.9 Å². The van der Waals surface area contributed by atoms with Gasteiger partial charge in [-0.1, -0.05) is 18.2 Å². The van der Waals surface area contributed by atoms with Gasteiger partial charge in [0.2, 0.25) is 0 Å². The van der Waals surface area contributed by atoms with Gasteiger partial charge in [-0.05, 0) is 60.3 Å². The average Bonchev–Trinajstić information content (AvgIpc) is 2.72. The molecule has 3 aromatic rings. The summed E-state index contributed by atoms with van der Waals surface area (Å²) in [5, 5.41) is 4.79. The highest BCUT2D eigenvalue weighted by atomic mass is 32.1. The zero-order chi connectivity index (χ0) is 20.8. The van der Waals surface area contributed by atoms with E-state index in [1.807, 2.05) is 49.2 Å². The number of nitrogens with one attached hydrogen (secondary N) is 2. The molecule has 0 atom stereocenters. The van der Waals surface area contributed by atoms with Gasteiger partial charge >= 0.3 is 0 Å². The van der Waals surface area contributed by atoms with Gasteiger partial charge in [0.15, 0.2) is 5.11 Å². The Bertz CT molecular complexity index is 1050. The van der Waals surface area contributed by atoms with Crippen LogP contribution in [0.1, 0.15) is 22.3 Å². The van der Waals surface area contributed by atoms with Gasteiger partial charge in [-0.2, -0.15) is 0 Å². The van der Waals surface area contributed by atoms with E-state index in [2.05, 4.69) is 21.4 Å². The summed E-state index contributed by atoms with van der Waals surface area (Å²) in [4.78, 5) is 22.0. The molecule has 152 valence electrons. The SMILES string of the molecule is COCCNC(=S)N(Cc1cccnc1)Cc1cc2ccc(C)c(C)c2[nH]c1=O. The topological polar surface area (TPSA) is 70.2 Å². The van der Waals surface area contributed by atoms with Crippen LogP contribution in [-0.4, -0.2) is 40.2 Å². The van der Waals surface area contributed by atoms with E-state index in [4.69, 9.17) is 17.0 Å². The molecule has 1 aromatic carbocycles. The van der Waals surface area contributed by atoms with Gasteiger partial charge in [0.05, 0.1) is 18.7 Å². The van der Waals surface area contributed by atoms with Crippen LogP contribution in [0.4, 0.5) is 0 Å². The predicted molar refractivity (Wildman–Crippen MR) is 120 cm³/mol. The maximum absolute atomic E-state index is 12.8. The Labute approximate surface area is 175 Å².